The minimum atomic E-state index is -0.718. The van der Waals surface area contributed by atoms with Crippen molar-refractivity contribution in [1.29, 1.82) is 0 Å². The van der Waals surface area contributed by atoms with Crippen LogP contribution in [-0.2, 0) is 22.5 Å². The standard InChI is InChI=1S/C30H32N8O2S/c1-18-12-24-27(33-17-37(24)15-18)28(29(39)34-30-31-6-11-41-30)38-16-23-19(2)13-22(20(3)26(23)35-38)21-4-5-25(32-14-21)36-7-9-40-10-8-36/h4-6,11,13-14,16-18,28H,7-10,12,15H2,1-3H3,(H,31,34,39)/t18-,28?/m1/s1. The van der Waals surface area contributed by atoms with Gasteiger partial charge in [0, 0.05) is 60.2 Å². The third-order valence-electron chi connectivity index (χ3n) is 8.13. The number of hydrogen-bond donors (Lipinski definition) is 1. The predicted molar refractivity (Wildman–Crippen MR) is 159 cm³/mol. The highest BCUT2D eigenvalue weighted by atomic mass is 32.1. The largest absolute Gasteiger partial charge is 0.378 e. The molecule has 1 N–H and O–H groups in total. The number of anilines is 2. The molecule has 2 atom stereocenters. The number of amides is 1. The van der Waals surface area contributed by atoms with Crippen LogP contribution in [0.5, 0.6) is 0 Å². The highest BCUT2D eigenvalue weighted by molar-refractivity contribution is 7.13. The van der Waals surface area contributed by atoms with E-state index >= 15 is 0 Å². The van der Waals surface area contributed by atoms with Gasteiger partial charge >= 0.3 is 0 Å². The van der Waals surface area contributed by atoms with Gasteiger partial charge in [-0.1, -0.05) is 13.0 Å². The van der Waals surface area contributed by atoms with Crippen molar-refractivity contribution in [2.45, 2.75) is 39.8 Å². The van der Waals surface area contributed by atoms with E-state index < -0.39 is 6.04 Å². The molecule has 0 radical (unpaired) electrons. The van der Waals surface area contributed by atoms with E-state index in [0.29, 0.717) is 11.0 Å². The Balaban J connectivity index is 1.28. The van der Waals surface area contributed by atoms with Crippen molar-refractivity contribution in [2.75, 3.05) is 36.5 Å². The summed E-state index contributed by atoms with van der Waals surface area (Å²) in [7, 11) is 0. The number of nitrogens with zero attached hydrogens (tertiary/aromatic N) is 7. The molecule has 2 aliphatic heterocycles. The molecule has 5 aromatic rings. The van der Waals surface area contributed by atoms with Gasteiger partial charge in [0.1, 0.15) is 5.82 Å². The van der Waals surface area contributed by atoms with Crippen molar-refractivity contribution in [3.63, 3.8) is 0 Å². The molecule has 1 fully saturated rings. The fourth-order valence-corrected chi connectivity index (χ4v) is 6.57. The molecule has 1 aromatic carbocycles. The van der Waals surface area contributed by atoms with E-state index in [-0.39, 0.29) is 5.91 Å². The number of carbonyl (C=O) groups excluding carboxylic acids is 1. The number of aryl methyl sites for hydroxylation is 2. The first-order valence-corrected chi connectivity index (χ1v) is 14.9. The fourth-order valence-electron chi connectivity index (χ4n) is 6.03. The minimum absolute atomic E-state index is 0.202. The minimum Gasteiger partial charge on any atom is -0.378 e. The lowest BCUT2D eigenvalue weighted by Gasteiger charge is -2.27. The number of carbonyl (C=O) groups is 1. The lowest BCUT2D eigenvalue weighted by molar-refractivity contribution is -0.118. The van der Waals surface area contributed by atoms with Crippen molar-refractivity contribution in [1.82, 2.24) is 29.3 Å². The maximum Gasteiger partial charge on any atom is 0.257 e. The summed E-state index contributed by atoms with van der Waals surface area (Å²) in [5.41, 5.74) is 6.97. The number of fused-ring (bicyclic) bond motifs is 2. The van der Waals surface area contributed by atoms with Crippen LogP contribution < -0.4 is 10.2 Å². The molecule has 210 valence electrons. The zero-order valence-electron chi connectivity index (χ0n) is 23.4. The third kappa shape index (κ3) is 4.68. The van der Waals surface area contributed by atoms with E-state index in [0.717, 1.165) is 89.6 Å². The Morgan fingerprint density at radius 2 is 2.02 bits per heavy atom. The molecule has 0 bridgehead atoms. The molecule has 1 unspecified atom stereocenters. The molecule has 11 heteroatoms. The first kappa shape index (κ1) is 25.8. The Bertz CT molecular complexity index is 1720. The highest BCUT2D eigenvalue weighted by Crippen LogP contribution is 2.35. The Morgan fingerprint density at radius 1 is 1.17 bits per heavy atom. The maximum absolute atomic E-state index is 13.8. The van der Waals surface area contributed by atoms with E-state index in [2.05, 4.69) is 58.7 Å². The van der Waals surface area contributed by atoms with E-state index in [9.17, 15) is 4.79 Å². The Kier molecular flexibility index (Phi) is 6.55. The van der Waals surface area contributed by atoms with Gasteiger partial charge in [-0.15, -0.1) is 11.3 Å². The van der Waals surface area contributed by atoms with Gasteiger partial charge in [0.25, 0.3) is 5.91 Å². The second-order valence-electron chi connectivity index (χ2n) is 11.0. The second kappa shape index (κ2) is 10.4. The Hall–Kier alpha value is -4.09. The number of hydrogen-bond acceptors (Lipinski definition) is 8. The van der Waals surface area contributed by atoms with E-state index in [1.165, 1.54) is 11.3 Å². The molecule has 1 saturated heterocycles. The van der Waals surface area contributed by atoms with Crippen molar-refractivity contribution in [3.8, 4) is 11.1 Å². The predicted octanol–water partition coefficient (Wildman–Crippen LogP) is 4.63. The zero-order chi connectivity index (χ0) is 28.1. The molecular weight excluding hydrogens is 536 g/mol. The van der Waals surface area contributed by atoms with Crippen molar-refractivity contribution >= 4 is 39.1 Å². The summed E-state index contributed by atoms with van der Waals surface area (Å²) < 4.78 is 9.43. The molecule has 10 nitrogen and oxygen atoms in total. The van der Waals surface area contributed by atoms with E-state index in [1.54, 1.807) is 10.9 Å². The summed E-state index contributed by atoms with van der Waals surface area (Å²) in [6.07, 6.45) is 8.34. The summed E-state index contributed by atoms with van der Waals surface area (Å²) in [6.45, 7) is 10.5. The summed E-state index contributed by atoms with van der Waals surface area (Å²) in [5.74, 6) is 1.27. The molecule has 0 saturated carbocycles. The number of morpholine rings is 1. The van der Waals surface area contributed by atoms with Crippen LogP contribution in [0.4, 0.5) is 10.9 Å². The molecule has 0 spiro atoms. The molecule has 6 heterocycles. The van der Waals surface area contributed by atoms with Crippen LogP contribution in [0, 0.1) is 19.8 Å². The van der Waals surface area contributed by atoms with Gasteiger partial charge in [0.2, 0.25) is 0 Å². The quantitative estimate of drug-likeness (QED) is 0.319. The number of imidazole rings is 1. The number of rotatable bonds is 6. The number of aromatic nitrogens is 6. The Labute approximate surface area is 242 Å². The van der Waals surface area contributed by atoms with Gasteiger partial charge in [-0.2, -0.15) is 5.10 Å². The molecule has 1 amide bonds. The summed E-state index contributed by atoms with van der Waals surface area (Å²) in [4.78, 5) is 29.8. The molecule has 2 aliphatic rings. The second-order valence-corrected chi connectivity index (χ2v) is 11.9. The Morgan fingerprint density at radius 3 is 2.78 bits per heavy atom. The van der Waals surface area contributed by atoms with Crippen molar-refractivity contribution in [3.05, 3.63) is 71.0 Å². The first-order valence-electron chi connectivity index (χ1n) is 14.0. The highest BCUT2D eigenvalue weighted by Gasteiger charge is 2.33. The molecule has 4 aromatic heterocycles. The van der Waals surface area contributed by atoms with Crippen LogP contribution in [0.15, 0.2) is 48.5 Å². The molecule has 0 aliphatic carbocycles. The van der Waals surface area contributed by atoms with E-state index in [4.69, 9.17) is 19.8 Å². The number of thiazole rings is 1. The van der Waals surface area contributed by atoms with Crippen LogP contribution in [0.1, 0.15) is 35.5 Å². The van der Waals surface area contributed by atoms with Gasteiger partial charge in [-0.3, -0.25) is 14.8 Å². The SMILES string of the molecule is Cc1cc(-c2ccc(N3CCOCC3)nc2)c(C)c2nn(C(C(=O)Nc3nccs3)c3ncn4c3C[C@@H](C)C4)cc12. The van der Waals surface area contributed by atoms with Crippen LogP contribution in [0.3, 0.4) is 0 Å². The number of nitrogens with one attached hydrogen (secondary N) is 1. The van der Waals surface area contributed by atoms with Gasteiger partial charge in [0.15, 0.2) is 11.2 Å². The van der Waals surface area contributed by atoms with Crippen molar-refractivity contribution in [2.24, 2.45) is 5.92 Å². The van der Waals surface area contributed by atoms with Crippen molar-refractivity contribution < 1.29 is 9.53 Å². The zero-order valence-corrected chi connectivity index (χ0v) is 24.2. The van der Waals surface area contributed by atoms with Crippen LogP contribution in [0.25, 0.3) is 22.0 Å². The number of benzene rings is 1. The van der Waals surface area contributed by atoms with Gasteiger partial charge in [-0.25, -0.2) is 15.0 Å². The molecule has 7 rings (SSSR count). The lowest BCUT2D eigenvalue weighted by Crippen LogP contribution is -2.36. The van der Waals surface area contributed by atoms with Gasteiger partial charge < -0.3 is 14.2 Å². The van der Waals surface area contributed by atoms with Gasteiger partial charge in [-0.05, 0) is 55.0 Å². The average Bonchev–Trinajstić information content (AvgIpc) is 3.78. The third-order valence-corrected chi connectivity index (χ3v) is 8.82. The average molecular weight is 569 g/mol. The summed E-state index contributed by atoms with van der Waals surface area (Å²) >= 11 is 1.39. The molecule has 41 heavy (non-hydrogen) atoms. The number of ether oxygens (including phenoxy) is 1. The smallest absolute Gasteiger partial charge is 0.257 e. The van der Waals surface area contributed by atoms with Crippen LogP contribution >= 0.6 is 11.3 Å². The van der Waals surface area contributed by atoms with E-state index in [1.807, 2.05) is 24.1 Å². The maximum atomic E-state index is 13.8. The number of pyridine rings is 1. The fraction of sp³-hybridized carbons (Fsp3) is 0.367. The summed E-state index contributed by atoms with van der Waals surface area (Å²) in [5, 5.41) is 11.5. The monoisotopic (exact) mass is 568 g/mol. The van der Waals surface area contributed by atoms with Crippen LogP contribution in [0.2, 0.25) is 0 Å². The summed E-state index contributed by atoms with van der Waals surface area (Å²) in [6, 6.07) is 5.68. The topological polar surface area (TPSA) is 103 Å². The molecular formula is C30H32N8O2S. The van der Waals surface area contributed by atoms with Crippen LogP contribution in [-0.4, -0.2) is 61.5 Å². The van der Waals surface area contributed by atoms with Gasteiger partial charge in [0.05, 0.1) is 30.8 Å². The lowest BCUT2D eigenvalue weighted by atomic mass is 9.96. The first-order chi connectivity index (χ1) is 20.0. The normalized spacial score (nSPS) is 17.6.